The van der Waals surface area contributed by atoms with E-state index in [0.717, 1.165) is 16.8 Å². The molecule has 2 aromatic rings. The first-order valence-electron chi connectivity index (χ1n) is 5.99. The summed E-state index contributed by atoms with van der Waals surface area (Å²) in [7, 11) is 0. The number of benzene rings is 2. The van der Waals surface area contributed by atoms with E-state index in [4.69, 9.17) is 5.11 Å². The SMILES string of the molecule is OCCc1cccc(NCc2cccc(O)c2)c1. The van der Waals surface area contributed by atoms with E-state index in [0.29, 0.717) is 13.0 Å². The lowest BCUT2D eigenvalue weighted by Gasteiger charge is -2.08. The summed E-state index contributed by atoms with van der Waals surface area (Å²) in [6.07, 6.45) is 0.668. The summed E-state index contributed by atoms with van der Waals surface area (Å²) in [6.45, 7) is 0.826. The highest BCUT2D eigenvalue weighted by molar-refractivity contribution is 5.46. The van der Waals surface area contributed by atoms with E-state index in [-0.39, 0.29) is 12.4 Å². The van der Waals surface area contributed by atoms with Crippen molar-refractivity contribution in [3.8, 4) is 5.75 Å². The topological polar surface area (TPSA) is 52.5 Å². The molecule has 0 aliphatic heterocycles. The van der Waals surface area contributed by atoms with Crippen LogP contribution in [0.15, 0.2) is 48.5 Å². The van der Waals surface area contributed by atoms with Crippen molar-refractivity contribution >= 4 is 5.69 Å². The number of hydrogen-bond acceptors (Lipinski definition) is 3. The Kier molecular flexibility index (Phi) is 4.20. The molecule has 94 valence electrons. The van der Waals surface area contributed by atoms with Crippen molar-refractivity contribution in [3.63, 3.8) is 0 Å². The third-order valence-corrected chi connectivity index (χ3v) is 2.73. The standard InChI is InChI=1S/C15H17NO2/c17-8-7-12-3-1-5-14(9-12)16-11-13-4-2-6-15(18)10-13/h1-6,9-10,16-18H,7-8,11H2. The molecule has 0 aromatic heterocycles. The normalized spacial score (nSPS) is 10.3. The van der Waals surface area contributed by atoms with Gasteiger partial charge in [-0.05, 0) is 41.8 Å². The van der Waals surface area contributed by atoms with Gasteiger partial charge in [0, 0.05) is 18.8 Å². The van der Waals surface area contributed by atoms with Gasteiger partial charge in [0.15, 0.2) is 0 Å². The molecule has 0 fully saturated rings. The van der Waals surface area contributed by atoms with E-state index in [1.807, 2.05) is 36.4 Å². The van der Waals surface area contributed by atoms with Crippen LogP contribution in [0.1, 0.15) is 11.1 Å². The van der Waals surface area contributed by atoms with E-state index in [1.54, 1.807) is 12.1 Å². The molecule has 0 aliphatic carbocycles. The number of hydrogen-bond donors (Lipinski definition) is 3. The van der Waals surface area contributed by atoms with Crippen LogP contribution in [0, 0.1) is 0 Å². The molecule has 3 heteroatoms. The fourth-order valence-corrected chi connectivity index (χ4v) is 1.84. The predicted molar refractivity (Wildman–Crippen MR) is 72.7 cm³/mol. The summed E-state index contributed by atoms with van der Waals surface area (Å²) in [5.74, 6) is 0.281. The minimum atomic E-state index is 0.163. The Morgan fingerprint density at radius 3 is 2.50 bits per heavy atom. The number of aliphatic hydroxyl groups excluding tert-OH is 1. The lowest BCUT2D eigenvalue weighted by molar-refractivity contribution is 0.299. The summed E-state index contributed by atoms with van der Waals surface area (Å²) >= 11 is 0. The number of phenols is 1. The molecule has 2 rings (SSSR count). The second-order valence-electron chi connectivity index (χ2n) is 4.20. The highest BCUT2D eigenvalue weighted by Crippen LogP contribution is 2.15. The van der Waals surface area contributed by atoms with Crippen LogP contribution in [0.2, 0.25) is 0 Å². The van der Waals surface area contributed by atoms with Crippen molar-refractivity contribution in [2.45, 2.75) is 13.0 Å². The molecule has 0 unspecified atom stereocenters. The lowest BCUT2D eigenvalue weighted by Crippen LogP contribution is -2.00. The van der Waals surface area contributed by atoms with Crippen molar-refractivity contribution in [2.75, 3.05) is 11.9 Å². The van der Waals surface area contributed by atoms with Gasteiger partial charge in [-0.3, -0.25) is 0 Å². The van der Waals surface area contributed by atoms with Crippen molar-refractivity contribution in [1.29, 1.82) is 0 Å². The van der Waals surface area contributed by atoms with Gasteiger partial charge in [-0.1, -0.05) is 24.3 Å². The monoisotopic (exact) mass is 243 g/mol. The molecule has 2 aromatic carbocycles. The largest absolute Gasteiger partial charge is 0.508 e. The summed E-state index contributed by atoms with van der Waals surface area (Å²) in [5.41, 5.74) is 3.16. The molecule has 0 saturated heterocycles. The zero-order chi connectivity index (χ0) is 12.8. The molecule has 0 saturated carbocycles. The van der Waals surface area contributed by atoms with Crippen molar-refractivity contribution in [2.24, 2.45) is 0 Å². The van der Waals surface area contributed by atoms with Crippen LogP contribution < -0.4 is 5.32 Å². The molecular weight excluding hydrogens is 226 g/mol. The van der Waals surface area contributed by atoms with Crippen molar-refractivity contribution < 1.29 is 10.2 Å². The maximum Gasteiger partial charge on any atom is 0.115 e. The Labute approximate surface area is 107 Å². The highest BCUT2D eigenvalue weighted by Gasteiger charge is 1.97. The highest BCUT2D eigenvalue weighted by atomic mass is 16.3. The van der Waals surface area contributed by atoms with E-state index < -0.39 is 0 Å². The minimum Gasteiger partial charge on any atom is -0.508 e. The second kappa shape index (κ2) is 6.07. The van der Waals surface area contributed by atoms with Crippen LogP contribution >= 0.6 is 0 Å². The average molecular weight is 243 g/mol. The zero-order valence-corrected chi connectivity index (χ0v) is 10.1. The van der Waals surface area contributed by atoms with Gasteiger partial charge in [0.05, 0.1) is 0 Å². The van der Waals surface area contributed by atoms with Crippen molar-refractivity contribution in [1.82, 2.24) is 0 Å². The van der Waals surface area contributed by atoms with Crippen molar-refractivity contribution in [3.05, 3.63) is 59.7 Å². The first-order chi connectivity index (χ1) is 8.78. The van der Waals surface area contributed by atoms with Crippen LogP contribution in [0.3, 0.4) is 0 Å². The van der Waals surface area contributed by atoms with Gasteiger partial charge in [-0.2, -0.15) is 0 Å². The molecule has 0 radical (unpaired) electrons. The fourth-order valence-electron chi connectivity index (χ4n) is 1.84. The van der Waals surface area contributed by atoms with E-state index in [1.165, 1.54) is 0 Å². The summed E-state index contributed by atoms with van der Waals surface area (Å²) in [6, 6.07) is 15.2. The van der Waals surface area contributed by atoms with Crippen LogP contribution in [0.4, 0.5) is 5.69 Å². The third kappa shape index (κ3) is 3.50. The number of aliphatic hydroxyl groups is 1. The maximum atomic E-state index is 9.37. The molecular formula is C15H17NO2. The van der Waals surface area contributed by atoms with Gasteiger partial charge in [-0.25, -0.2) is 0 Å². The Hall–Kier alpha value is -2.00. The fraction of sp³-hybridized carbons (Fsp3) is 0.200. The predicted octanol–water partition coefficient (Wildman–Crippen LogP) is 2.54. The number of phenolic OH excluding ortho intramolecular Hbond substituents is 1. The van der Waals surface area contributed by atoms with E-state index >= 15 is 0 Å². The first kappa shape index (κ1) is 12.5. The molecule has 0 aliphatic rings. The maximum absolute atomic E-state index is 9.37. The number of aromatic hydroxyl groups is 1. The molecule has 3 N–H and O–H groups in total. The number of anilines is 1. The van der Waals surface area contributed by atoms with Gasteiger partial charge < -0.3 is 15.5 Å². The van der Waals surface area contributed by atoms with Crippen LogP contribution in [0.5, 0.6) is 5.75 Å². The third-order valence-electron chi connectivity index (χ3n) is 2.73. The summed E-state index contributed by atoms with van der Waals surface area (Å²) < 4.78 is 0. The zero-order valence-electron chi connectivity index (χ0n) is 10.1. The Balaban J connectivity index is 1.99. The number of rotatable bonds is 5. The summed E-state index contributed by atoms with van der Waals surface area (Å²) in [5, 5.41) is 21.6. The molecule has 0 heterocycles. The van der Waals surface area contributed by atoms with Gasteiger partial charge >= 0.3 is 0 Å². The quantitative estimate of drug-likeness (QED) is 0.756. The minimum absolute atomic E-state index is 0.163. The molecule has 0 spiro atoms. The molecule has 0 atom stereocenters. The van der Waals surface area contributed by atoms with Crippen LogP contribution in [0.25, 0.3) is 0 Å². The lowest BCUT2D eigenvalue weighted by atomic mass is 10.1. The van der Waals surface area contributed by atoms with Gasteiger partial charge in [0.25, 0.3) is 0 Å². The first-order valence-corrected chi connectivity index (χ1v) is 5.99. The Bertz CT molecular complexity index is 511. The van der Waals surface area contributed by atoms with Crippen LogP contribution in [-0.4, -0.2) is 16.8 Å². The molecule has 18 heavy (non-hydrogen) atoms. The van der Waals surface area contributed by atoms with Gasteiger partial charge in [0.1, 0.15) is 5.75 Å². The van der Waals surface area contributed by atoms with Crippen LogP contribution in [-0.2, 0) is 13.0 Å². The molecule has 3 nitrogen and oxygen atoms in total. The molecule has 0 bridgehead atoms. The number of nitrogens with one attached hydrogen (secondary N) is 1. The van der Waals surface area contributed by atoms with Gasteiger partial charge in [-0.15, -0.1) is 0 Å². The second-order valence-corrected chi connectivity index (χ2v) is 4.20. The Morgan fingerprint density at radius 2 is 1.72 bits per heavy atom. The van der Waals surface area contributed by atoms with E-state index in [2.05, 4.69) is 5.32 Å². The molecule has 0 amide bonds. The van der Waals surface area contributed by atoms with E-state index in [9.17, 15) is 5.11 Å². The summed E-state index contributed by atoms with van der Waals surface area (Å²) in [4.78, 5) is 0. The van der Waals surface area contributed by atoms with Gasteiger partial charge in [0.2, 0.25) is 0 Å². The Morgan fingerprint density at radius 1 is 0.944 bits per heavy atom. The smallest absolute Gasteiger partial charge is 0.115 e. The average Bonchev–Trinajstić information content (AvgIpc) is 2.37.